The number of hydrogen-bond acceptors (Lipinski definition) is 7. The van der Waals surface area contributed by atoms with Gasteiger partial charge in [-0.15, -0.1) is 5.10 Å². The predicted octanol–water partition coefficient (Wildman–Crippen LogP) is 3.43. The minimum Gasteiger partial charge on any atom is -0.475 e. The highest BCUT2D eigenvalue weighted by atomic mass is 35.5. The Kier molecular flexibility index (Phi) is 6.10. The van der Waals surface area contributed by atoms with Gasteiger partial charge in [0.15, 0.2) is 10.8 Å². The van der Waals surface area contributed by atoms with E-state index >= 15 is 0 Å². The average Bonchev–Trinajstić information content (AvgIpc) is 3.26. The third-order valence-corrected chi connectivity index (χ3v) is 4.98. The highest BCUT2D eigenvalue weighted by Crippen LogP contribution is 2.30. The number of aryl methyl sites for hydroxylation is 2. The largest absolute Gasteiger partial charge is 0.475 e. The first kappa shape index (κ1) is 19.8. The van der Waals surface area contributed by atoms with Crippen molar-refractivity contribution in [2.24, 2.45) is 0 Å². The molecule has 1 saturated heterocycles. The Morgan fingerprint density at radius 1 is 1.34 bits per heavy atom. The number of alkyl halides is 1. The van der Waals surface area contributed by atoms with Gasteiger partial charge in [-0.1, -0.05) is 18.5 Å². The van der Waals surface area contributed by atoms with Crippen LogP contribution in [-0.4, -0.2) is 55.9 Å². The number of hydrogen-bond donors (Lipinski definition) is 2. The van der Waals surface area contributed by atoms with E-state index in [9.17, 15) is 4.39 Å². The van der Waals surface area contributed by atoms with Gasteiger partial charge in [0.2, 0.25) is 5.95 Å². The zero-order valence-electron chi connectivity index (χ0n) is 16.1. The summed E-state index contributed by atoms with van der Waals surface area (Å²) in [6.07, 6.45) is 4.15. The van der Waals surface area contributed by atoms with Gasteiger partial charge in [0.05, 0.1) is 24.3 Å². The molecule has 11 heteroatoms. The lowest BCUT2D eigenvalue weighted by atomic mass is 10.2. The molecule has 0 amide bonds. The molecule has 9 nitrogen and oxygen atoms in total. The van der Waals surface area contributed by atoms with Crippen molar-refractivity contribution in [3.8, 4) is 5.88 Å². The fourth-order valence-corrected chi connectivity index (χ4v) is 3.41. The molecule has 1 atom stereocenters. The average molecular weight is 424 g/mol. The van der Waals surface area contributed by atoms with Gasteiger partial charge in [-0.3, -0.25) is 5.10 Å². The summed E-state index contributed by atoms with van der Waals surface area (Å²) in [5.41, 5.74) is 2.44. The second kappa shape index (κ2) is 8.91. The third-order valence-electron chi connectivity index (χ3n) is 4.70. The quantitative estimate of drug-likeness (QED) is 0.618. The molecular weight excluding hydrogens is 401 g/mol. The molecule has 2 bridgehead atoms. The van der Waals surface area contributed by atoms with Crippen LogP contribution in [0.3, 0.4) is 0 Å². The molecule has 5 rings (SSSR count). The van der Waals surface area contributed by atoms with Crippen LogP contribution in [0.4, 0.5) is 16.0 Å². The number of ether oxygens (including phenoxy) is 2. The smallest absolute Gasteiger partial charge is 0.256 e. The zero-order valence-corrected chi connectivity index (χ0v) is 16.9. The summed E-state index contributed by atoms with van der Waals surface area (Å²) in [4.78, 5) is 8.83. The summed E-state index contributed by atoms with van der Waals surface area (Å²) >= 11 is 6.13. The molecule has 3 aromatic heterocycles. The number of aromatic amines is 1. The van der Waals surface area contributed by atoms with Crippen LogP contribution in [0, 0.1) is 0 Å². The van der Waals surface area contributed by atoms with Crippen LogP contribution in [0.25, 0.3) is 11.0 Å². The molecule has 0 saturated carbocycles. The Morgan fingerprint density at radius 2 is 2.24 bits per heavy atom. The first-order chi connectivity index (χ1) is 14.2. The Morgan fingerprint density at radius 3 is 2.97 bits per heavy atom. The van der Waals surface area contributed by atoms with Gasteiger partial charge in [-0.05, 0) is 19.3 Å². The Labute approximate surface area is 172 Å². The first-order valence-corrected chi connectivity index (χ1v) is 10.1. The van der Waals surface area contributed by atoms with Crippen LogP contribution in [0.2, 0.25) is 5.15 Å². The predicted molar refractivity (Wildman–Crippen MR) is 107 cm³/mol. The summed E-state index contributed by atoms with van der Waals surface area (Å²) in [6.45, 7) is 4.31. The first-order valence-electron chi connectivity index (χ1n) is 9.73. The minimum absolute atomic E-state index is 0.319. The van der Waals surface area contributed by atoms with E-state index in [2.05, 4.69) is 30.6 Å². The highest BCUT2D eigenvalue weighted by molar-refractivity contribution is 6.34. The van der Waals surface area contributed by atoms with E-state index in [4.69, 9.17) is 21.1 Å². The van der Waals surface area contributed by atoms with Crippen LogP contribution >= 0.6 is 11.6 Å². The number of aromatic nitrogens is 6. The Bertz CT molecular complexity index is 971. The molecule has 0 aliphatic carbocycles. The molecule has 2 aliphatic rings. The van der Waals surface area contributed by atoms with Crippen molar-refractivity contribution in [1.29, 1.82) is 0 Å². The van der Waals surface area contributed by atoms with Gasteiger partial charge < -0.3 is 14.8 Å². The normalized spacial score (nSPS) is 18.8. The summed E-state index contributed by atoms with van der Waals surface area (Å²) in [5, 5.41) is 15.8. The van der Waals surface area contributed by atoms with E-state index in [0.29, 0.717) is 48.8 Å². The van der Waals surface area contributed by atoms with Gasteiger partial charge >= 0.3 is 0 Å². The molecule has 0 spiro atoms. The molecule has 0 aromatic carbocycles. The lowest BCUT2D eigenvalue weighted by Crippen LogP contribution is -2.17. The molecule has 0 radical (unpaired) electrons. The molecule has 29 heavy (non-hydrogen) atoms. The van der Waals surface area contributed by atoms with Crippen LogP contribution in [0.1, 0.15) is 31.9 Å². The number of H-pyrrole nitrogens is 1. The minimum atomic E-state index is -0.686. The molecule has 3 aromatic rings. The third kappa shape index (κ3) is 4.43. The van der Waals surface area contributed by atoms with Crippen molar-refractivity contribution in [1.82, 2.24) is 29.9 Å². The van der Waals surface area contributed by atoms with Crippen LogP contribution < -0.4 is 10.1 Å². The monoisotopic (exact) mass is 423 g/mol. The van der Waals surface area contributed by atoms with Crippen molar-refractivity contribution in [3.63, 3.8) is 0 Å². The molecule has 5 heterocycles. The zero-order chi connectivity index (χ0) is 20.2. The van der Waals surface area contributed by atoms with Crippen LogP contribution in [0.15, 0.2) is 6.20 Å². The Balaban J connectivity index is 0.000000249. The SMILES string of the molecule is CCc1[nH]nc2c1Nc1ncc3c(Cl)nn(c3n1)CCCO2.FC1CCCOC1. The molecule has 1 fully saturated rings. The van der Waals surface area contributed by atoms with E-state index in [1.807, 2.05) is 6.92 Å². The maximum Gasteiger partial charge on any atom is 0.256 e. The van der Waals surface area contributed by atoms with Crippen molar-refractivity contribution in [3.05, 3.63) is 17.0 Å². The molecule has 2 aliphatic heterocycles. The van der Waals surface area contributed by atoms with E-state index in [1.54, 1.807) is 10.9 Å². The number of rotatable bonds is 1. The maximum atomic E-state index is 12.1. The van der Waals surface area contributed by atoms with Crippen molar-refractivity contribution in [2.45, 2.75) is 45.3 Å². The summed E-state index contributed by atoms with van der Waals surface area (Å²) in [5.74, 6) is 1.01. The van der Waals surface area contributed by atoms with Gasteiger partial charge in [0, 0.05) is 25.8 Å². The van der Waals surface area contributed by atoms with Crippen molar-refractivity contribution in [2.75, 3.05) is 25.1 Å². The standard InChI is InChI=1S/C13H14ClN7O.C5H9FO/c1-2-8-9-12(19-18-8)22-5-3-4-21-11-7(10(14)20-21)6-15-13(16-9)17-11;6-5-2-1-3-7-4-5/h6H,2-5H2,1H3,(H,18,19)(H,15,16,17);5H,1-4H2. The fourth-order valence-electron chi connectivity index (χ4n) is 3.18. The molecular formula is C18H23ClFN7O2. The molecule has 2 N–H and O–H groups in total. The Hall–Kier alpha value is -2.46. The van der Waals surface area contributed by atoms with E-state index < -0.39 is 6.17 Å². The van der Waals surface area contributed by atoms with Gasteiger partial charge in [0.1, 0.15) is 11.9 Å². The fraction of sp³-hybridized carbons (Fsp3) is 0.556. The van der Waals surface area contributed by atoms with Gasteiger partial charge in [0.25, 0.3) is 5.88 Å². The second-order valence-corrected chi connectivity index (χ2v) is 7.18. The van der Waals surface area contributed by atoms with Gasteiger partial charge in [-0.2, -0.15) is 10.1 Å². The lowest BCUT2D eigenvalue weighted by Gasteiger charge is -2.13. The number of nitrogens with one attached hydrogen (secondary N) is 2. The maximum absolute atomic E-state index is 12.1. The van der Waals surface area contributed by atoms with Gasteiger partial charge in [-0.25, -0.2) is 14.1 Å². The topological polar surface area (TPSA) is 103 Å². The van der Waals surface area contributed by atoms with Crippen LogP contribution in [-0.2, 0) is 17.7 Å². The number of fused-ring (bicyclic) bond motifs is 2. The highest BCUT2D eigenvalue weighted by Gasteiger charge is 2.18. The number of nitrogens with zero attached hydrogens (tertiary/aromatic N) is 5. The van der Waals surface area contributed by atoms with E-state index in [1.165, 1.54) is 0 Å². The second-order valence-electron chi connectivity index (χ2n) is 6.82. The molecule has 1 unspecified atom stereocenters. The van der Waals surface area contributed by atoms with E-state index in [-0.39, 0.29) is 0 Å². The van der Waals surface area contributed by atoms with Crippen LogP contribution in [0.5, 0.6) is 5.88 Å². The van der Waals surface area contributed by atoms with Crippen molar-refractivity contribution >= 4 is 34.3 Å². The number of halogens is 2. The van der Waals surface area contributed by atoms with Crippen molar-refractivity contribution < 1.29 is 13.9 Å². The number of anilines is 2. The summed E-state index contributed by atoms with van der Waals surface area (Å²) in [7, 11) is 0. The van der Waals surface area contributed by atoms with E-state index in [0.717, 1.165) is 42.6 Å². The summed E-state index contributed by atoms with van der Waals surface area (Å²) in [6, 6.07) is 0. The summed E-state index contributed by atoms with van der Waals surface area (Å²) < 4.78 is 24.4. The molecule has 156 valence electrons. The lowest BCUT2D eigenvalue weighted by molar-refractivity contribution is 0.0366.